The summed E-state index contributed by atoms with van der Waals surface area (Å²) >= 11 is 0. The molecule has 4 rings (SSSR count). The van der Waals surface area contributed by atoms with Crippen molar-refractivity contribution in [3.63, 3.8) is 0 Å². The number of H-pyrrole nitrogens is 1. The average Bonchev–Trinajstić information content (AvgIpc) is 3.37. The second-order valence-corrected chi connectivity index (χ2v) is 8.76. The number of aromatic amines is 1. The van der Waals surface area contributed by atoms with Crippen LogP contribution in [-0.2, 0) is 11.2 Å². The number of hydrogen-bond donors (Lipinski definition) is 1. The summed E-state index contributed by atoms with van der Waals surface area (Å²) in [6.07, 6.45) is 5.38. The maximum Gasteiger partial charge on any atom is 0.278 e. The van der Waals surface area contributed by atoms with E-state index in [1.807, 2.05) is 47.4 Å². The summed E-state index contributed by atoms with van der Waals surface area (Å²) in [5.41, 5.74) is 3.57. The number of aryl methyl sites for hydroxylation is 1. The van der Waals surface area contributed by atoms with Crippen LogP contribution in [0.25, 0.3) is 0 Å². The van der Waals surface area contributed by atoms with Crippen molar-refractivity contribution >= 4 is 17.5 Å². The van der Waals surface area contributed by atoms with Crippen LogP contribution in [0.4, 0.5) is 5.69 Å². The Kier molecular flexibility index (Phi) is 7.55. The highest BCUT2D eigenvalue weighted by molar-refractivity contribution is 6.04. The zero-order valence-electron chi connectivity index (χ0n) is 19.2. The highest BCUT2D eigenvalue weighted by Gasteiger charge is 2.26. The molecule has 0 unspecified atom stereocenters. The van der Waals surface area contributed by atoms with E-state index < -0.39 is 0 Å². The van der Waals surface area contributed by atoms with Crippen LogP contribution >= 0.6 is 0 Å². The van der Waals surface area contributed by atoms with Gasteiger partial charge in [-0.3, -0.25) is 14.7 Å². The topological polar surface area (TPSA) is 69.3 Å². The summed E-state index contributed by atoms with van der Waals surface area (Å²) in [4.78, 5) is 29.0. The molecule has 0 spiro atoms. The van der Waals surface area contributed by atoms with Crippen molar-refractivity contribution in [2.75, 3.05) is 25.0 Å². The van der Waals surface area contributed by atoms with Crippen molar-refractivity contribution in [3.05, 3.63) is 83.7 Å². The number of para-hydroxylation sites is 1. The molecule has 3 aromatic rings. The zero-order valence-corrected chi connectivity index (χ0v) is 19.2. The van der Waals surface area contributed by atoms with Gasteiger partial charge in [-0.05, 0) is 55.9 Å². The number of hydrogen-bond acceptors (Lipinski definition) is 3. The van der Waals surface area contributed by atoms with Gasteiger partial charge in [0.15, 0.2) is 5.69 Å². The zero-order chi connectivity index (χ0) is 23.0. The smallest absolute Gasteiger partial charge is 0.278 e. The summed E-state index contributed by atoms with van der Waals surface area (Å²) in [5, 5.41) is 7.33. The average molecular weight is 445 g/mol. The summed E-state index contributed by atoms with van der Waals surface area (Å²) in [7, 11) is 1.76. The summed E-state index contributed by atoms with van der Waals surface area (Å²) < 4.78 is 0. The number of anilines is 1. The van der Waals surface area contributed by atoms with Gasteiger partial charge >= 0.3 is 0 Å². The number of aromatic nitrogens is 2. The largest absolute Gasteiger partial charge is 0.343 e. The molecule has 0 atom stereocenters. The molecular weight excluding hydrogens is 412 g/mol. The van der Waals surface area contributed by atoms with Crippen LogP contribution in [0.2, 0.25) is 0 Å². The number of unbranched alkanes of at least 4 members (excludes halogenated alkanes) is 1. The second-order valence-electron chi connectivity index (χ2n) is 8.76. The fourth-order valence-electron chi connectivity index (χ4n) is 4.44. The van der Waals surface area contributed by atoms with Crippen molar-refractivity contribution in [3.8, 4) is 0 Å². The molecule has 2 aromatic carbocycles. The molecule has 0 radical (unpaired) electrons. The Bertz CT molecular complexity index is 1040. The summed E-state index contributed by atoms with van der Waals surface area (Å²) in [6.45, 7) is 1.52. The molecule has 0 saturated carbocycles. The van der Waals surface area contributed by atoms with E-state index in [0.29, 0.717) is 18.0 Å². The van der Waals surface area contributed by atoms with Crippen molar-refractivity contribution in [2.24, 2.45) is 0 Å². The molecule has 1 N–H and O–H groups in total. The minimum absolute atomic E-state index is 0.133. The van der Waals surface area contributed by atoms with E-state index >= 15 is 0 Å². The van der Waals surface area contributed by atoms with E-state index in [1.54, 1.807) is 11.9 Å². The van der Waals surface area contributed by atoms with Gasteiger partial charge in [0.1, 0.15) is 0 Å². The Morgan fingerprint density at radius 1 is 1.00 bits per heavy atom. The van der Waals surface area contributed by atoms with Crippen LogP contribution < -0.4 is 4.90 Å². The molecule has 1 aliphatic heterocycles. The Morgan fingerprint density at radius 2 is 1.67 bits per heavy atom. The number of nitrogens with one attached hydrogen (secondary N) is 1. The van der Waals surface area contributed by atoms with Crippen LogP contribution in [0.1, 0.15) is 59.8 Å². The number of piperidine rings is 1. The molecule has 2 heterocycles. The lowest BCUT2D eigenvalue weighted by atomic mass is 9.93. The standard InChI is InChI=1S/C27H32N4O2/c1-30(23-13-6-3-7-14-23)27(33)25-20-24(28-29-25)22-16-18-31(19-17-22)26(32)15-9-8-12-21-10-4-2-5-11-21/h2-7,10-11,13-14,20,22H,8-9,12,15-19H2,1H3,(H,28,29). The highest BCUT2D eigenvalue weighted by atomic mass is 16.2. The molecule has 33 heavy (non-hydrogen) atoms. The normalized spacial score (nSPS) is 14.3. The van der Waals surface area contributed by atoms with Crippen molar-refractivity contribution < 1.29 is 9.59 Å². The Balaban J connectivity index is 1.22. The number of nitrogens with zero attached hydrogens (tertiary/aromatic N) is 3. The first-order valence-corrected chi connectivity index (χ1v) is 11.8. The van der Waals surface area contributed by atoms with Gasteiger partial charge in [0.2, 0.25) is 5.91 Å². The maximum absolute atomic E-state index is 12.8. The third kappa shape index (κ3) is 5.89. The van der Waals surface area contributed by atoms with Gasteiger partial charge in [-0.1, -0.05) is 48.5 Å². The number of rotatable bonds is 8. The SMILES string of the molecule is CN(C(=O)c1cc(C2CCN(C(=O)CCCCc3ccccc3)CC2)[nH]n1)c1ccccc1. The van der Waals surface area contributed by atoms with Crippen LogP contribution in [0, 0.1) is 0 Å². The molecule has 0 aliphatic carbocycles. The quantitative estimate of drug-likeness (QED) is 0.507. The van der Waals surface area contributed by atoms with Gasteiger partial charge in [0.25, 0.3) is 5.91 Å². The van der Waals surface area contributed by atoms with Gasteiger partial charge in [-0.25, -0.2) is 0 Å². The monoisotopic (exact) mass is 444 g/mol. The molecule has 1 fully saturated rings. The molecule has 6 heteroatoms. The minimum atomic E-state index is -0.133. The Labute approximate surface area is 195 Å². The van der Waals surface area contributed by atoms with E-state index in [1.165, 1.54) is 5.56 Å². The summed E-state index contributed by atoms with van der Waals surface area (Å²) in [5.74, 6) is 0.418. The van der Waals surface area contributed by atoms with Gasteiger partial charge in [0, 0.05) is 43.9 Å². The fourth-order valence-corrected chi connectivity index (χ4v) is 4.44. The van der Waals surface area contributed by atoms with E-state index in [4.69, 9.17) is 0 Å². The first-order valence-electron chi connectivity index (χ1n) is 11.8. The second kappa shape index (κ2) is 10.9. The predicted octanol–water partition coefficient (Wildman–Crippen LogP) is 4.81. The molecule has 2 amide bonds. The van der Waals surface area contributed by atoms with Crippen molar-refractivity contribution in [1.29, 1.82) is 0 Å². The predicted molar refractivity (Wildman–Crippen MR) is 130 cm³/mol. The number of likely N-dealkylation sites (tertiary alicyclic amines) is 1. The van der Waals surface area contributed by atoms with Gasteiger partial charge in [0.05, 0.1) is 0 Å². The van der Waals surface area contributed by atoms with E-state index in [9.17, 15) is 9.59 Å². The van der Waals surface area contributed by atoms with E-state index in [2.05, 4.69) is 34.5 Å². The molecular formula is C27H32N4O2. The molecule has 1 aromatic heterocycles. The van der Waals surface area contributed by atoms with Gasteiger partial charge in [-0.2, -0.15) is 5.10 Å². The Morgan fingerprint density at radius 3 is 2.36 bits per heavy atom. The Hall–Kier alpha value is -3.41. The lowest BCUT2D eigenvalue weighted by Crippen LogP contribution is -2.37. The highest BCUT2D eigenvalue weighted by Crippen LogP contribution is 2.28. The van der Waals surface area contributed by atoms with Crippen LogP contribution in [0.3, 0.4) is 0 Å². The fraction of sp³-hybridized carbons (Fsp3) is 0.370. The van der Waals surface area contributed by atoms with Gasteiger partial charge in [-0.15, -0.1) is 0 Å². The number of amides is 2. The third-order valence-electron chi connectivity index (χ3n) is 6.50. The molecule has 1 aliphatic rings. The first-order chi connectivity index (χ1) is 16.1. The summed E-state index contributed by atoms with van der Waals surface area (Å²) in [6, 6.07) is 21.9. The lowest BCUT2D eigenvalue weighted by molar-refractivity contribution is -0.132. The van der Waals surface area contributed by atoms with E-state index in [-0.39, 0.29) is 11.8 Å². The number of benzene rings is 2. The lowest BCUT2D eigenvalue weighted by Gasteiger charge is -2.31. The third-order valence-corrected chi connectivity index (χ3v) is 6.50. The van der Waals surface area contributed by atoms with Crippen molar-refractivity contribution in [1.82, 2.24) is 15.1 Å². The minimum Gasteiger partial charge on any atom is -0.343 e. The first kappa shape index (κ1) is 22.8. The molecule has 6 nitrogen and oxygen atoms in total. The molecule has 0 bridgehead atoms. The molecule has 172 valence electrons. The van der Waals surface area contributed by atoms with Crippen LogP contribution in [0.15, 0.2) is 66.7 Å². The van der Waals surface area contributed by atoms with E-state index in [0.717, 1.165) is 56.6 Å². The van der Waals surface area contributed by atoms with Crippen molar-refractivity contribution in [2.45, 2.75) is 44.4 Å². The van der Waals surface area contributed by atoms with Gasteiger partial charge < -0.3 is 9.80 Å². The van der Waals surface area contributed by atoms with Crippen LogP contribution in [-0.4, -0.2) is 47.0 Å². The maximum atomic E-state index is 12.8. The van der Waals surface area contributed by atoms with Crippen LogP contribution in [0.5, 0.6) is 0 Å². The molecule has 1 saturated heterocycles. The number of carbonyl (C=O) groups is 2. The number of carbonyl (C=O) groups excluding carboxylic acids is 2.